The van der Waals surface area contributed by atoms with Gasteiger partial charge in [-0.05, 0) is 42.2 Å². The smallest absolute Gasteiger partial charge is 0.123 e. The summed E-state index contributed by atoms with van der Waals surface area (Å²) in [6.45, 7) is 2.91. The molecule has 2 fully saturated rings. The molecule has 0 unspecified atom stereocenters. The van der Waals surface area contributed by atoms with Crippen molar-refractivity contribution in [3.8, 4) is 0 Å². The van der Waals surface area contributed by atoms with Gasteiger partial charge in [-0.25, -0.2) is 4.39 Å². The number of pyridine rings is 1. The quantitative estimate of drug-likeness (QED) is 0.836. The molecule has 0 radical (unpaired) electrons. The summed E-state index contributed by atoms with van der Waals surface area (Å²) >= 11 is 0. The van der Waals surface area contributed by atoms with Crippen LogP contribution in [0.5, 0.6) is 0 Å². The van der Waals surface area contributed by atoms with Gasteiger partial charge in [-0.2, -0.15) is 0 Å². The summed E-state index contributed by atoms with van der Waals surface area (Å²) in [7, 11) is 0. The molecule has 5 heteroatoms. The second kappa shape index (κ2) is 7.60. The van der Waals surface area contributed by atoms with Gasteiger partial charge in [0.15, 0.2) is 0 Å². The molecule has 2 aromatic rings. The third-order valence-corrected chi connectivity index (χ3v) is 5.11. The Bertz CT molecular complexity index is 697. The van der Waals surface area contributed by atoms with E-state index in [1.54, 1.807) is 18.3 Å². The lowest BCUT2D eigenvalue weighted by Gasteiger charge is -2.39. The minimum absolute atomic E-state index is 0.0963. The van der Waals surface area contributed by atoms with E-state index in [0.29, 0.717) is 19.3 Å². The van der Waals surface area contributed by atoms with Crippen molar-refractivity contribution in [2.24, 2.45) is 0 Å². The van der Waals surface area contributed by atoms with Crippen LogP contribution in [0, 0.1) is 5.82 Å². The molecule has 1 saturated heterocycles. The van der Waals surface area contributed by atoms with Crippen LogP contribution in [0.15, 0.2) is 48.8 Å². The molecule has 4 nitrogen and oxygen atoms in total. The van der Waals surface area contributed by atoms with Crippen LogP contribution in [0.2, 0.25) is 0 Å². The lowest BCUT2D eigenvalue weighted by Crippen LogP contribution is -2.51. The summed E-state index contributed by atoms with van der Waals surface area (Å²) in [5.74, 6) is -0.175. The van der Waals surface area contributed by atoms with Gasteiger partial charge in [0.05, 0.1) is 25.4 Å². The molecule has 1 saturated carbocycles. The van der Waals surface area contributed by atoms with Crippen LogP contribution in [0.4, 0.5) is 4.39 Å². The molecule has 0 N–H and O–H groups in total. The van der Waals surface area contributed by atoms with Crippen LogP contribution in [0.25, 0.3) is 0 Å². The molecule has 25 heavy (non-hydrogen) atoms. The van der Waals surface area contributed by atoms with Gasteiger partial charge >= 0.3 is 0 Å². The highest BCUT2D eigenvalue weighted by atomic mass is 19.1. The van der Waals surface area contributed by atoms with E-state index in [1.807, 2.05) is 24.4 Å². The van der Waals surface area contributed by atoms with Crippen molar-refractivity contribution < 1.29 is 13.9 Å². The van der Waals surface area contributed by atoms with E-state index in [-0.39, 0.29) is 18.0 Å². The Hall–Kier alpha value is -1.82. The number of benzene rings is 1. The summed E-state index contributed by atoms with van der Waals surface area (Å²) in [4.78, 5) is 6.54. The average molecular weight is 342 g/mol. The van der Waals surface area contributed by atoms with E-state index >= 15 is 0 Å². The zero-order chi connectivity index (χ0) is 17.1. The zero-order valence-corrected chi connectivity index (χ0v) is 14.2. The Balaban J connectivity index is 1.38. The van der Waals surface area contributed by atoms with E-state index in [1.165, 1.54) is 6.07 Å². The van der Waals surface area contributed by atoms with Crippen LogP contribution in [0.3, 0.4) is 0 Å². The van der Waals surface area contributed by atoms with Crippen molar-refractivity contribution in [2.75, 3.05) is 13.2 Å². The summed E-state index contributed by atoms with van der Waals surface area (Å²) in [5.41, 5.74) is 2.10. The number of aromatic nitrogens is 1. The van der Waals surface area contributed by atoms with Gasteiger partial charge in [0, 0.05) is 31.5 Å². The lowest BCUT2D eigenvalue weighted by atomic mass is 10.1. The Morgan fingerprint density at radius 2 is 2.12 bits per heavy atom. The maximum atomic E-state index is 13.4. The van der Waals surface area contributed by atoms with Gasteiger partial charge in [0.25, 0.3) is 0 Å². The van der Waals surface area contributed by atoms with Crippen LogP contribution < -0.4 is 0 Å². The molecule has 3 atom stereocenters. The Kier molecular flexibility index (Phi) is 5.06. The first-order valence-electron chi connectivity index (χ1n) is 8.90. The van der Waals surface area contributed by atoms with Gasteiger partial charge in [-0.3, -0.25) is 9.88 Å². The molecule has 0 spiro atoms. The number of halogens is 1. The first-order chi connectivity index (χ1) is 12.3. The van der Waals surface area contributed by atoms with Crippen molar-refractivity contribution in [1.29, 1.82) is 0 Å². The molecule has 1 aliphatic heterocycles. The van der Waals surface area contributed by atoms with Gasteiger partial charge in [-0.1, -0.05) is 18.2 Å². The molecule has 132 valence electrons. The predicted molar refractivity (Wildman–Crippen MR) is 92.4 cm³/mol. The predicted octanol–water partition coefficient (Wildman–Crippen LogP) is 3.17. The first-order valence-corrected chi connectivity index (χ1v) is 8.90. The number of hydrogen-bond acceptors (Lipinski definition) is 4. The number of morpholine rings is 1. The maximum absolute atomic E-state index is 13.4. The Morgan fingerprint density at radius 1 is 1.20 bits per heavy atom. The van der Waals surface area contributed by atoms with Crippen LogP contribution in [-0.2, 0) is 22.6 Å². The topological polar surface area (TPSA) is 34.6 Å². The number of hydrogen-bond donors (Lipinski definition) is 0. The molecule has 4 rings (SSSR count). The van der Waals surface area contributed by atoms with Crippen molar-refractivity contribution >= 4 is 0 Å². The third kappa shape index (κ3) is 3.89. The minimum Gasteiger partial charge on any atom is -0.373 e. The standard InChI is InChI=1S/C20H23FN2O2/c21-17-5-1-3-15(11-17)13-23-9-10-24-20-18(23)6-7-19(20)25-14-16-4-2-8-22-12-16/h1-5,8,11-12,18-20H,6-7,9-10,13-14H2/t18-,19-,20-/m1/s1. The number of ether oxygens (including phenoxy) is 2. The van der Waals surface area contributed by atoms with Crippen molar-refractivity contribution in [3.05, 3.63) is 65.7 Å². The van der Waals surface area contributed by atoms with Crippen LogP contribution >= 0.6 is 0 Å². The molecule has 1 aromatic heterocycles. The normalized spacial score (nSPS) is 26.5. The Labute approximate surface area is 147 Å². The van der Waals surface area contributed by atoms with Gasteiger partial charge < -0.3 is 9.47 Å². The van der Waals surface area contributed by atoms with Crippen molar-refractivity contribution in [2.45, 2.75) is 44.2 Å². The maximum Gasteiger partial charge on any atom is 0.123 e. The van der Waals surface area contributed by atoms with Crippen LogP contribution in [0.1, 0.15) is 24.0 Å². The fourth-order valence-electron chi connectivity index (χ4n) is 3.92. The van der Waals surface area contributed by atoms with Crippen molar-refractivity contribution in [3.63, 3.8) is 0 Å². The van der Waals surface area contributed by atoms with Gasteiger partial charge in [0.1, 0.15) is 5.82 Å². The second-order valence-corrected chi connectivity index (χ2v) is 6.79. The highest BCUT2D eigenvalue weighted by Crippen LogP contribution is 2.33. The monoisotopic (exact) mass is 342 g/mol. The number of fused-ring (bicyclic) bond motifs is 1. The summed E-state index contributed by atoms with van der Waals surface area (Å²) in [5, 5.41) is 0. The second-order valence-electron chi connectivity index (χ2n) is 6.79. The van der Waals surface area contributed by atoms with Gasteiger partial charge in [0.2, 0.25) is 0 Å². The van der Waals surface area contributed by atoms with E-state index < -0.39 is 0 Å². The highest BCUT2D eigenvalue weighted by molar-refractivity contribution is 5.17. The molecule has 2 aliphatic rings. The zero-order valence-electron chi connectivity index (χ0n) is 14.2. The first kappa shape index (κ1) is 16.6. The minimum atomic E-state index is -0.175. The van der Waals surface area contributed by atoms with Crippen LogP contribution in [-0.4, -0.2) is 41.3 Å². The third-order valence-electron chi connectivity index (χ3n) is 5.11. The molecule has 1 aromatic carbocycles. The molecule has 0 amide bonds. The fourth-order valence-corrected chi connectivity index (χ4v) is 3.92. The molecule has 2 heterocycles. The van der Waals surface area contributed by atoms with E-state index in [9.17, 15) is 4.39 Å². The largest absolute Gasteiger partial charge is 0.373 e. The summed E-state index contributed by atoms with van der Waals surface area (Å²) in [6, 6.07) is 11.2. The molecule has 0 bridgehead atoms. The van der Waals surface area contributed by atoms with E-state index in [0.717, 1.165) is 37.1 Å². The van der Waals surface area contributed by atoms with Gasteiger partial charge in [-0.15, -0.1) is 0 Å². The summed E-state index contributed by atoms with van der Waals surface area (Å²) in [6.07, 6.45) is 5.86. The molecular formula is C20H23FN2O2. The lowest BCUT2D eigenvalue weighted by molar-refractivity contribution is -0.118. The van der Waals surface area contributed by atoms with Crippen molar-refractivity contribution in [1.82, 2.24) is 9.88 Å². The average Bonchev–Trinajstić information content (AvgIpc) is 3.05. The highest BCUT2D eigenvalue weighted by Gasteiger charge is 2.43. The summed E-state index contributed by atoms with van der Waals surface area (Å²) < 4.78 is 25.6. The Morgan fingerprint density at radius 3 is 2.96 bits per heavy atom. The van der Waals surface area contributed by atoms with E-state index in [4.69, 9.17) is 9.47 Å². The fraction of sp³-hybridized carbons (Fsp3) is 0.450. The number of nitrogens with zero attached hydrogens (tertiary/aromatic N) is 2. The molecule has 1 aliphatic carbocycles. The van der Waals surface area contributed by atoms with E-state index in [2.05, 4.69) is 9.88 Å². The molecular weight excluding hydrogens is 319 g/mol. The SMILES string of the molecule is Fc1cccc(CN2CCO[C@@H]3[C@H]2CC[C@H]3OCc2cccnc2)c1. The number of rotatable bonds is 5.